The summed E-state index contributed by atoms with van der Waals surface area (Å²) in [6.45, 7) is 6.71. The molecule has 0 spiro atoms. The number of hydroxylamine groups is 2. The first-order chi connectivity index (χ1) is 10.4. The fourth-order valence-electron chi connectivity index (χ4n) is 1.95. The molecule has 0 saturated heterocycles. The summed E-state index contributed by atoms with van der Waals surface area (Å²) in [4.78, 5) is 17.8. The van der Waals surface area contributed by atoms with Crippen molar-refractivity contribution in [3.05, 3.63) is 71.8 Å². The van der Waals surface area contributed by atoms with Crippen LogP contribution in [0, 0.1) is 5.41 Å². The average Bonchev–Trinajstić information content (AvgIpc) is 2.48. The molecule has 0 aromatic heterocycles. The zero-order chi connectivity index (χ0) is 16.0. The zero-order valence-corrected chi connectivity index (χ0v) is 13.5. The topological polar surface area (TPSA) is 29.5 Å². The lowest BCUT2D eigenvalue weighted by Gasteiger charge is -2.25. The molecule has 3 nitrogen and oxygen atoms in total. The fraction of sp³-hybridized carbons (Fsp3) is 0.316. The molecular formula is C19H23NO2. The maximum atomic E-state index is 12.2. The van der Waals surface area contributed by atoms with Gasteiger partial charge in [-0.1, -0.05) is 60.7 Å². The van der Waals surface area contributed by atoms with Gasteiger partial charge in [0.05, 0.1) is 18.5 Å². The molecule has 116 valence electrons. The Balaban J connectivity index is 2.11. The Labute approximate surface area is 132 Å². The third kappa shape index (κ3) is 5.01. The summed E-state index contributed by atoms with van der Waals surface area (Å²) in [6.07, 6.45) is 0. The van der Waals surface area contributed by atoms with Crippen LogP contribution in [-0.2, 0) is 22.7 Å². The van der Waals surface area contributed by atoms with Crippen molar-refractivity contribution >= 4 is 5.97 Å². The Bertz CT molecular complexity index is 546. The summed E-state index contributed by atoms with van der Waals surface area (Å²) in [6, 6.07) is 20.0. The molecule has 22 heavy (non-hydrogen) atoms. The van der Waals surface area contributed by atoms with Crippen LogP contribution in [0.5, 0.6) is 0 Å². The lowest BCUT2D eigenvalue weighted by Crippen LogP contribution is -2.33. The van der Waals surface area contributed by atoms with Crippen molar-refractivity contribution in [2.45, 2.75) is 33.9 Å². The van der Waals surface area contributed by atoms with Gasteiger partial charge in [-0.2, -0.15) is 0 Å². The minimum absolute atomic E-state index is 0.223. The van der Waals surface area contributed by atoms with Crippen molar-refractivity contribution in [1.82, 2.24) is 5.06 Å². The van der Waals surface area contributed by atoms with E-state index in [0.717, 1.165) is 11.1 Å². The van der Waals surface area contributed by atoms with E-state index >= 15 is 0 Å². The molecule has 0 bridgehead atoms. The van der Waals surface area contributed by atoms with E-state index in [-0.39, 0.29) is 5.97 Å². The molecule has 0 heterocycles. The highest BCUT2D eigenvalue weighted by molar-refractivity contribution is 5.75. The van der Waals surface area contributed by atoms with Gasteiger partial charge in [-0.25, -0.2) is 4.79 Å². The van der Waals surface area contributed by atoms with Crippen molar-refractivity contribution < 1.29 is 9.63 Å². The molecule has 0 atom stereocenters. The first-order valence-corrected chi connectivity index (χ1v) is 7.50. The molecule has 0 amide bonds. The van der Waals surface area contributed by atoms with E-state index in [2.05, 4.69) is 0 Å². The van der Waals surface area contributed by atoms with Crippen molar-refractivity contribution in [2.24, 2.45) is 5.41 Å². The van der Waals surface area contributed by atoms with Crippen molar-refractivity contribution in [2.75, 3.05) is 0 Å². The summed E-state index contributed by atoms with van der Waals surface area (Å²) in [5, 5.41) is 1.72. The Morgan fingerprint density at radius 3 is 1.64 bits per heavy atom. The number of carbonyl (C=O) groups excluding carboxylic acids is 1. The molecular weight excluding hydrogens is 274 g/mol. The minimum Gasteiger partial charge on any atom is -0.367 e. The van der Waals surface area contributed by atoms with Gasteiger partial charge in [-0.15, -0.1) is 5.06 Å². The first kappa shape index (κ1) is 16.2. The second-order valence-corrected chi connectivity index (χ2v) is 6.40. The third-order valence-corrected chi connectivity index (χ3v) is 3.23. The first-order valence-electron chi connectivity index (χ1n) is 7.50. The fourth-order valence-corrected chi connectivity index (χ4v) is 1.95. The van der Waals surface area contributed by atoms with Crippen LogP contribution in [-0.4, -0.2) is 11.0 Å². The number of benzene rings is 2. The maximum Gasteiger partial charge on any atom is 0.330 e. The number of hydrogen-bond donors (Lipinski definition) is 0. The SMILES string of the molecule is CC(C)(C)C(=O)ON(Cc1ccccc1)Cc1ccccc1. The molecule has 0 aliphatic heterocycles. The highest BCUT2D eigenvalue weighted by Crippen LogP contribution is 2.18. The van der Waals surface area contributed by atoms with Crippen LogP contribution in [0.15, 0.2) is 60.7 Å². The van der Waals surface area contributed by atoms with Crippen LogP contribution in [0.3, 0.4) is 0 Å². The van der Waals surface area contributed by atoms with E-state index in [0.29, 0.717) is 13.1 Å². The number of nitrogens with zero attached hydrogens (tertiary/aromatic N) is 1. The standard InChI is InChI=1S/C19H23NO2/c1-19(2,3)18(21)22-20(14-16-10-6-4-7-11-16)15-17-12-8-5-9-13-17/h4-13H,14-15H2,1-3H3. The predicted octanol–water partition coefficient (Wildman–Crippen LogP) is 4.19. The summed E-state index contributed by atoms with van der Waals surface area (Å²) >= 11 is 0. The molecule has 0 aliphatic rings. The van der Waals surface area contributed by atoms with Crippen LogP contribution >= 0.6 is 0 Å². The average molecular weight is 297 g/mol. The van der Waals surface area contributed by atoms with Gasteiger partial charge in [0, 0.05) is 0 Å². The van der Waals surface area contributed by atoms with Crippen LogP contribution < -0.4 is 0 Å². The van der Waals surface area contributed by atoms with E-state index in [4.69, 9.17) is 4.84 Å². The summed E-state index contributed by atoms with van der Waals surface area (Å²) in [5.74, 6) is -0.223. The van der Waals surface area contributed by atoms with Gasteiger partial charge in [-0.3, -0.25) is 0 Å². The predicted molar refractivity (Wildman–Crippen MR) is 87.7 cm³/mol. The molecule has 0 aliphatic carbocycles. The van der Waals surface area contributed by atoms with E-state index in [1.54, 1.807) is 5.06 Å². The molecule has 0 saturated carbocycles. The summed E-state index contributed by atoms with van der Waals surface area (Å²) in [5.41, 5.74) is 1.70. The van der Waals surface area contributed by atoms with Gasteiger partial charge in [0.25, 0.3) is 0 Å². The van der Waals surface area contributed by atoms with E-state index in [1.807, 2.05) is 81.4 Å². The minimum atomic E-state index is -0.522. The number of carbonyl (C=O) groups is 1. The monoisotopic (exact) mass is 297 g/mol. The van der Waals surface area contributed by atoms with Crippen molar-refractivity contribution in [3.8, 4) is 0 Å². The molecule has 2 rings (SSSR count). The van der Waals surface area contributed by atoms with Crippen molar-refractivity contribution in [3.63, 3.8) is 0 Å². The zero-order valence-electron chi connectivity index (χ0n) is 13.5. The van der Waals surface area contributed by atoms with Crippen LogP contribution in [0.2, 0.25) is 0 Å². The Morgan fingerprint density at radius 1 is 0.864 bits per heavy atom. The van der Waals surface area contributed by atoms with Gasteiger partial charge >= 0.3 is 5.97 Å². The van der Waals surface area contributed by atoms with Gasteiger partial charge in [0.2, 0.25) is 0 Å². The molecule has 0 radical (unpaired) electrons. The van der Waals surface area contributed by atoms with E-state index in [1.165, 1.54) is 0 Å². The Hall–Kier alpha value is -2.13. The summed E-state index contributed by atoms with van der Waals surface area (Å²) in [7, 11) is 0. The highest BCUT2D eigenvalue weighted by atomic mass is 16.7. The van der Waals surface area contributed by atoms with Gasteiger partial charge < -0.3 is 4.84 Å². The second-order valence-electron chi connectivity index (χ2n) is 6.40. The third-order valence-electron chi connectivity index (χ3n) is 3.23. The molecule has 2 aromatic rings. The van der Waals surface area contributed by atoms with E-state index in [9.17, 15) is 4.79 Å². The Morgan fingerprint density at radius 2 is 1.27 bits per heavy atom. The molecule has 0 N–H and O–H groups in total. The molecule has 2 aromatic carbocycles. The van der Waals surface area contributed by atoms with Crippen molar-refractivity contribution in [1.29, 1.82) is 0 Å². The van der Waals surface area contributed by atoms with Crippen LogP contribution in [0.1, 0.15) is 31.9 Å². The van der Waals surface area contributed by atoms with E-state index < -0.39 is 5.41 Å². The lowest BCUT2D eigenvalue weighted by molar-refractivity contribution is -0.206. The second kappa shape index (κ2) is 7.23. The van der Waals surface area contributed by atoms with Gasteiger partial charge in [0.15, 0.2) is 0 Å². The molecule has 0 unspecified atom stereocenters. The molecule has 3 heteroatoms. The van der Waals surface area contributed by atoms with Gasteiger partial charge in [-0.05, 0) is 31.9 Å². The largest absolute Gasteiger partial charge is 0.367 e. The normalized spacial score (nSPS) is 11.5. The highest BCUT2D eigenvalue weighted by Gasteiger charge is 2.26. The number of rotatable bonds is 5. The lowest BCUT2D eigenvalue weighted by atomic mass is 9.98. The maximum absolute atomic E-state index is 12.2. The molecule has 0 fully saturated rings. The number of hydrogen-bond acceptors (Lipinski definition) is 3. The van der Waals surface area contributed by atoms with Crippen LogP contribution in [0.4, 0.5) is 0 Å². The van der Waals surface area contributed by atoms with Crippen LogP contribution in [0.25, 0.3) is 0 Å². The Kier molecular flexibility index (Phi) is 5.34. The smallest absolute Gasteiger partial charge is 0.330 e. The quantitative estimate of drug-likeness (QED) is 0.775. The van der Waals surface area contributed by atoms with Gasteiger partial charge in [0.1, 0.15) is 0 Å². The summed E-state index contributed by atoms with van der Waals surface area (Å²) < 4.78 is 0.